The quantitative estimate of drug-likeness (QED) is 0.729. The van der Waals surface area contributed by atoms with Gasteiger partial charge in [0.05, 0.1) is 16.8 Å². The molecule has 4 nitrogen and oxygen atoms in total. The predicted molar refractivity (Wildman–Crippen MR) is 97.6 cm³/mol. The van der Waals surface area contributed by atoms with Crippen LogP contribution in [0.5, 0.6) is 5.75 Å². The van der Waals surface area contributed by atoms with E-state index in [2.05, 4.69) is 10.3 Å². The molecule has 0 radical (unpaired) electrons. The van der Waals surface area contributed by atoms with Gasteiger partial charge in [0.1, 0.15) is 5.75 Å². The zero-order valence-corrected chi connectivity index (χ0v) is 14.2. The molecule has 0 aliphatic carbocycles. The number of nitrogens with one attached hydrogen (secondary N) is 1. The molecule has 126 valence electrons. The number of hydrogen-bond acceptors (Lipinski definition) is 3. The van der Waals surface area contributed by atoms with Gasteiger partial charge in [-0.3, -0.25) is 9.78 Å². The highest BCUT2D eigenvalue weighted by Gasteiger charge is 2.18. The van der Waals surface area contributed by atoms with Crippen LogP contribution in [0, 0.1) is 0 Å². The molecule has 25 heavy (non-hydrogen) atoms. The molecule has 1 atom stereocenters. The third-order valence-electron chi connectivity index (χ3n) is 3.62. The van der Waals surface area contributed by atoms with Gasteiger partial charge in [0.25, 0.3) is 5.91 Å². The maximum absolute atomic E-state index is 12.4. The summed E-state index contributed by atoms with van der Waals surface area (Å²) in [6.07, 6.45) is 1.71. The van der Waals surface area contributed by atoms with Crippen LogP contribution < -0.4 is 10.1 Å². The summed E-state index contributed by atoms with van der Waals surface area (Å²) >= 11 is 6.04. The number of halogens is 1. The minimum atomic E-state index is -0.343. The normalized spacial score (nSPS) is 11.6. The number of para-hydroxylation sites is 1. The first-order valence-corrected chi connectivity index (χ1v) is 8.24. The van der Waals surface area contributed by atoms with Gasteiger partial charge in [0.2, 0.25) is 0 Å². The zero-order valence-electron chi connectivity index (χ0n) is 13.4. The van der Waals surface area contributed by atoms with Crippen molar-refractivity contribution in [1.29, 1.82) is 0 Å². The number of amides is 1. The first-order valence-electron chi connectivity index (χ1n) is 7.86. The van der Waals surface area contributed by atoms with Crippen LogP contribution >= 0.6 is 11.6 Å². The molecule has 3 rings (SSSR count). The Labute approximate surface area is 151 Å². The summed E-state index contributed by atoms with van der Waals surface area (Å²) in [5.41, 5.74) is 1.71. The average Bonchev–Trinajstić information content (AvgIpc) is 2.67. The number of pyridine rings is 1. The second-order valence-electron chi connectivity index (χ2n) is 5.38. The third kappa shape index (κ3) is 4.58. The van der Waals surface area contributed by atoms with Crippen LogP contribution in [0.25, 0.3) is 0 Å². The second-order valence-corrected chi connectivity index (χ2v) is 5.79. The summed E-state index contributed by atoms with van der Waals surface area (Å²) in [6, 6.07) is 22.0. The number of aromatic nitrogens is 1. The number of ether oxygens (including phenoxy) is 1. The Balaban J connectivity index is 1.72. The van der Waals surface area contributed by atoms with Gasteiger partial charge in [-0.05, 0) is 29.8 Å². The van der Waals surface area contributed by atoms with Crippen molar-refractivity contribution in [3.05, 3.63) is 95.3 Å². The fourth-order valence-corrected chi connectivity index (χ4v) is 2.62. The smallest absolute Gasteiger partial charge is 0.258 e. The van der Waals surface area contributed by atoms with Gasteiger partial charge in [-0.15, -0.1) is 0 Å². The predicted octanol–water partition coefficient (Wildman–Crippen LogP) is 4.02. The Hall–Kier alpha value is -2.85. The molecule has 1 aromatic heterocycles. The molecule has 1 heterocycles. The van der Waals surface area contributed by atoms with E-state index in [-0.39, 0.29) is 18.6 Å². The fraction of sp³-hybridized carbons (Fsp3) is 0.100. The minimum Gasteiger partial charge on any atom is -0.482 e. The molecule has 0 aliphatic heterocycles. The van der Waals surface area contributed by atoms with Gasteiger partial charge in [-0.25, -0.2) is 0 Å². The lowest BCUT2D eigenvalue weighted by Gasteiger charge is -2.19. The maximum atomic E-state index is 12.4. The minimum absolute atomic E-state index is 0.125. The van der Waals surface area contributed by atoms with Crippen LogP contribution in [0.15, 0.2) is 79.0 Å². The molecule has 0 fully saturated rings. The lowest BCUT2D eigenvalue weighted by molar-refractivity contribution is -0.123. The second kappa shape index (κ2) is 8.31. The molecular weight excluding hydrogens is 336 g/mol. The van der Waals surface area contributed by atoms with Gasteiger partial charge in [0.15, 0.2) is 6.61 Å². The first kappa shape index (κ1) is 17.0. The van der Waals surface area contributed by atoms with Crippen molar-refractivity contribution in [3.8, 4) is 5.75 Å². The Morgan fingerprint density at radius 2 is 1.72 bits per heavy atom. The van der Waals surface area contributed by atoms with Crippen molar-refractivity contribution in [2.45, 2.75) is 6.04 Å². The summed E-state index contributed by atoms with van der Waals surface area (Å²) < 4.78 is 5.51. The molecule has 0 aliphatic rings. The summed E-state index contributed by atoms with van der Waals surface area (Å²) in [5.74, 6) is 0.229. The van der Waals surface area contributed by atoms with E-state index in [9.17, 15) is 4.79 Å². The topological polar surface area (TPSA) is 51.2 Å². The first-order chi connectivity index (χ1) is 12.2. The molecule has 0 saturated heterocycles. The standard InChI is InChI=1S/C20H17ClN2O2/c21-16-10-4-5-12-18(16)25-14-19(24)23-20(15-8-2-1-3-9-15)17-11-6-7-13-22-17/h1-13,20H,14H2,(H,23,24). The summed E-state index contributed by atoms with van der Waals surface area (Å²) in [5, 5.41) is 3.44. The molecular formula is C20H17ClN2O2. The van der Waals surface area contributed by atoms with E-state index in [1.807, 2.05) is 54.6 Å². The molecule has 1 N–H and O–H groups in total. The van der Waals surface area contributed by atoms with Crippen LogP contribution in [0.3, 0.4) is 0 Å². The molecule has 0 bridgehead atoms. The number of benzene rings is 2. The van der Waals surface area contributed by atoms with Crippen molar-refractivity contribution in [3.63, 3.8) is 0 Å². The van der Waals surface area contributed by atoms with Crippen LogP contribution in [0.1, 0.15) is 17.3 Å². The highest BCUT2D eigenvalue weighted by Crippen LogP contribution is 2.23. The highest BCUT2D eigenvalue weighted by molar-refractivity contribution is 6.32. The molecule has 1 unspecified atom stereocenters. The van der Waals surface area contributed by atoms with E-state index in [0.717, 1.165) is 11.3 Å². The number of hydrogen-bond donors (Lipinski definition) is 1. The van der Waals surface area contributed by atoms with E-state index in [1.54, 1.807) is 24.4 Å². The van der Waals surface area contributed by atoms with E-state index in [1.165, 1.54) is 0 Å². The summed E-state index contributed by atoms with van der Waals surface area (Å²) in [6.45, 7) is -0.125. The molecule has 5 heteroatoms. The van der Waals surface area contributed by atoms with Crippen molar-refractivity contribution >= 4 is 17.5 Å². The maximum Gasteiger partial charge on any atom is 0.258 e. The number of carbonyl (C=O) groups excluding carboxylic acids is 1. The number of carbonyl (C=O) groups is 1. The lowest BCUT2D eigenvalue weighted by atomic mass is 10.0. The third-order valence-corrected chi connectivity index (χ3v) is 3.93. The summed E-state index contributed by atoms with van der Waals surface area (Å²) in [4.78, 5) is 16.7. The van der Waals surface area contributed by atoms with Crippen LogP contribution in [-0.4, -0.2) is 17.5 Å². The Kier molecular flexibility index (Phi) is 5.65. The Morgan fingerprint density at radius 1 is 1.00 bits per heavy atom. The van der Waals surface area contributed by atoms with Crippen LogP contribution in [-0.2, 0) is 4.79 Å². The average molecular weight is 353 g/mol. The monoisotopic (exact) mass is 352 g/mol. The zero-order chi connectivity index (χ0) is 17.5. The van der Waals surface area contributed by atoms with Gasteiger partial charge >= 0.3 is 0 Å². The van der Waals surface area contributed by atoms with E-state index in [4.69, 9.17) is 16.3 Å². The highest BCUT2D eigenvalue weighted by atomic mass is 35.5. The van der Waals surface area contributed by atoms with E-state index < -0.39 is 0 Å². The van der Waals surface area contributed by atoms with Crippen molar-refractivity contribution < 1.29 is 9.53 Å². The van der Waals surface area contributed by atoms with Gasteiger partial charge < -0.3 is 10.1 Å². The SMILES string of the molecule is O=C(COc1ccccc1Cl)NC(c1ccccc1)c1ccccn1. The van der Waals surface area contributed by atoms with Crippen LogP contribution in [0.4, 0.5) is 0 Å². The van der Waals surface area contributed by atoms with Crippen LogP contribution in [0.2, 0.25) is 5.02 Å². The van der Waals surface area contributed by atoms with Crippen molar-refractivity contribution in [2.75, 3.05) is 6.61 Å². The van der Waals surface area contributed by atoms with Crippen molar-refractivity contribution in [2.24, 2.45) is 0 Å². The molecule has 1 amide bonds. The number of rotatable bonds is 6. The van der Waals surface area contributed by atoms with Gasteiger partial charge in [-0.2, -0.15) is 0 Å². The molecule has 3 aromatic rings. The molecule has 0 saturated carbocycles. The Morgan fingerprint density at radius 3 is 2.44 bits per heavy atom. The molecule has 2 aromatic carbocycles. The largest absolute Gasteiger partial charge is 0.482 e. The van der Waals surface area contributed by atoms with Gasteiger partial charge in [-0.1, -0.05) is 60.1 Å². The fourth-order valence-electron chi connectivity index (χ4n) is 2.43. The number of nitrogens with zero attached hydrogens (tertiary/aromatic N) is 1. The van der Waals surface area contributed by atoms with Crippen molar-refractivity contribution in [1.82, 2.24) is 10.3 Å². The molecule has 0 spiro atoms. The van der Waals surface area contributed by atoms with E-state index in [0.29, 0.717) is 10.8 Å². The van der Waals surface area contributed by atoms with E-state index >= 15 is 0 Å². The lowest BCUT2D eigenvalue weighted by Crippen LogP contribution is -2.33. The van der Waals surface area contributed by atoms with Gasteiger partial charge in [0, 0.05) is 6.20 Å². The summed E-state index contributed by atoms with van der Waals surface area (Å²) in [7, 11) is 0. The Bertz CT molecular complexity index is 786.